The average molecular weight is 403 g/mol. The number of nitrogens with one attached hydrogen (secondary N) is 4. The van der Waals surface area contributed by atoms with E-state index in [0.29, 0.717) is 23.9 Å². The van der Waals surface area contributed by atoms with Gasteiger partial charge in [-0.2, -0.15) is 0 Å². The van der Waals surface area contributed by atoms with Crippen molar-refractivity contribution in [3.8, 4) is 0 Å². The molecule has 0 radical (unpaired) electrons. The van der Waals surface area contributed by atoms with Gasteiger partial charge in [0.15, 0.2) is 0 Å². The van der Waals surface area contributed by atoms with Crippen LogP contribution in [-0.4, -0.2) is 34.5 Å². The highest BCUT2D eigenvalue weighted by Crippen LogP contribution is 2.37. The van der Waals surface area contributed by atoms with Crippen molar-refractivity contribution >= 4 is 29.0 Å². The maximum absolute atomic E-state index is 12.9. The lowest BCUT2D eigenvalue weighted by Gasteiger charge is -2.17. The summed E-state index contributed by atoms with van der Waals surface area (Å²) in [6.45, 7) is 5.71. The van der Waals surface area contributed by atoms with Gasteiger partial charge in [0.2, 0.25) is 5.95 Å². The second kappa shape index (κ2) is 7.98. The Labute approximate surface area is 175 Å². The van der Waals surface area contributed by atoms with Crippen molar-refractivity contribution in [2.75, 3.05) is 34.9 Å². The third-order valence-corrected chi connectivity index (χ3v) is 5.15. The monoisotopic (exact) mass is 403 g/mol. The van der Waals surface area contributed by atoms with Crippen LogP contribution in [-0.2, 0) is 12.0 Å². The van der Waals surface area contributed by atoms with E-state index >= 15 is 0 Å². The molecule has 1 amide bonds. The third-order valence-electron chi connectivity index (χ3n) is 5.15. The molecule has 8 heteroatoms. The standard InChI is InChI=1S/C22H25N7O/c1-22(2)13-27-18-11-14(6-7-17(18)22)28-20(30)16-5-4-9-24-19(16)26-12-15-8-10-25-21(23-3)29-15/h4-11,27H,12-13H2,1-3H3,(H,24,26)(H,28,30)(H,23,25,29). The summed E-state index contributed by atoms with van der Waals surface area (Å²) in [6, 6.07) is 11.3. The summed E-state index contributed by atoms with van der Waals surface area (Å²) in [7, 11) is 1.77. The Balaban J connectivity index is 1.48. The van der Waals surface area contributed by atoms with Crippen LogP contribution in [0, 0.1) is 0 Å². The minimum absolute atomic E-state index is 0.0897. The topological polar surface area (TPSA) is 104 Å². The number of hydrogen-bond donors (Lipinski definition) is 4. The molecule has 0 aliphatic carbocycles. The molecule has 0 atom stereocenters. The van der Waals surface area contributed by atoms with Gasteiger partial charge >= 0.3 is 0 Å². The van der Waals surface area contributed by atoms with E-state index < -0.39 is 0 Å². The van der Waals surface area contributed by atoms with Crippen LogP contribution in [0.3, 0.4) is 0 Å². The molecule has 0 fully saturated rings. The van der Waals surface area contributed by atoms with Gasteiger partial charge in [0, 0.05) is 42.8 Å². The quantitative estimate of drug-likeness (QED) is 0.499. The van der Waals surface area contributed by atoms with E-state index in [4.69, 9.17) is 0 Å². The predicted octanol–water partition coefficient (Wildman–Crippen LogP) is 3.48. The van der Waals surface area contributed by atoms with E-state index in [1.807, 2.05) is 18.2 Å². The number of pyridine rings is 1. The fourth-order valence-corrected chi connectivity index (χ4v) is 3.49. The summed E-state index contributed by atoms with van der Waals surface area (Å²) >= 11 is 0. The van der Waals surface area contributed by atoms with Gasteiger partial charge in [0.25, 0.3) is 5.91 Å². The van der Waals surface area contributed by atoms with Crippen LogP contribution in [0.5, 0.6) is 0 Å². The molecule has 1 aliphatic heterocycles. The molecule has 154 valence electrons. The first-order chi connectivity index (χ1) is 14.5. The molecule has 0 spiro atoms. The summed E-state index contributed by atoms with van der Waals surface area (Å²) < 4.78 is 0. The summed E-state index contributed by atoms with van der Waals surface area (Å²) in [5.41, 5.74) is 4.41. The molecule has 8 nitrogen and oxygen atoms in total. The highest BCUT2D eigenvalue weighted by molar-refractivity contribution is 6.07. The van der Waals surface area contributed by atoms with Gasteiger partial charge in [0.1, 0.15) is 5.82 Å². The molecule has 0 saturated heterocycles. The zero-order valence-corrected chi connectivity index (χ0v) is 17.3. The molecular formula is C22H25N7O. The lowest BCUT2D eigenvalue weighted by atomic mass is 9.87. The molecule has 1 aliphatic rings. The van der Waals surface area contributed by atoms with Crippen molar-refractivity contribution in [2.24, 2.45) is 0 Å². The van der Waals surface area contributed by atoms with E-state index in [2.05, 4.69) is 56.1 Å². The first-order valence-electron chi connectivity index (χ1n) is 9.84. The fraction of sp³-hybridized carbons (Fsp3) is 0.273. The first kappa shape index (κ1) is 19.6. The van der Waals surface area contributed by atoms with Crippen LogP contribution in [0.2, 0.25) is 0 Å². The van der Waals surface area contributed by atoms with E-state index in [9.17, 15) is 4.79 Å². The first-order valence-corrected chi connectivity index (χ1v) is 9.84. The third kappa shape index (κ3) is 4.03. The highest BCUT2D eigenvalue weighted by atomic mass is 16.1. The number of amides is 1. The second-order valence-electron chi connectivity index (χ2n) is 7.83. The van der Waals surface area contributed by atoms with Crippen LogP contribution in [0.4, 0.5) is 23.1 Å². The summed E-state index contributed by atoms with van der Waals surface area (Å²) in [6.07, 6.45) is 3.34. The molecule has 3 aromatic rings. The molecule has 0 saturated carbocycles. The molecule has 0 unspecified atom stereocenters. The van der Waals surface area contributed by atoms with Gasteiger partial charge in [-0.25, -0.2) is 15.0 Å². The van der Waals surface area contributed by atoms with E-state index in [1.54, 1.807) is 31.6 Å². The van der Waals surface area contributed by atoms with Crippen LogP contribution < -0.4 is 21.3 Å². The average Bonchev–Trinajstić information content (AvgIpc) is 3.06. The zero-order chi connectivity index (χ0) is 21.1. The van der Waals surface area contributed by atoms with Crippen LogP contribution in [0.15, 0.2) is 48.8 Å². The van der Waals surface area contributed by atoms with Gasteiger partial charge in [-0.05, 0) is 35.9 Å². The molecule has 4 rings (SSSR count). The van der Waals surface area contributed by atoms with Crippen LogP contribution >= 0.6 is 0 Å². The highest BCUT2D eigenvalue weighted by Gasteiger charge is 2.29. The maximum atomic E-state index is 12.9. The van der Waals surface area contributed by atoms with Gasteiger partial charge in [-0.1, -0.05) is 19.9 Å². The Bertz CT molecular complexity index is 1080. The lowest BCUT2D eigenvalue weighted by molar-refractivity contribution is 0.102. The smallest absolute Gasteiger partial charge is 0.259 e. The van der Waals surface area contributed by atoms with Crippen LogP contribution in [0.1, 0.15) is 35.5 Å². The minimum atomic E-state index is -0.221. The zero-order valence-electron chi connectivity index (χ0n) is 17.3. The Morgan fingerprint density at radius 1 is 1.17 bits per heavy atom. The Kier molecular flexibility index (Phi) is 5.22. The number of carbonyl (C=O) groups is 1. The summed E-state index contributed by atoms with van der Waals surface area (Å²) in [4.78, 5) is 25.7. The van der Waals surface area contributed by atoms with Gasteiger partial charge in [-0.3, -0.25) is 4.79 Å². The number of fused-ring (bicyclic) bond motifs is 1. The number of hydrogen-bond acceptors (Lipinski definition) is 7. The Morgan fingerprint density at radius 3 is 2.87 bits per heavy atom. The van der Waals surface area contributed by atoms with Crippen molar-refractivity contribution in [1.29, 1.82) is 0 Å². The molecule has 4 N–H and O–H groups in total. The SMILES string of the molecule is CNc1nccc(CNc2ncccc2C(=O)Nc2ccc3c(c2)NCC3(C)C)n1. The Hall–Kier alpha value is -3.68. The van der Waals surface area contributed by atoms with Gasteiger partial charge in [0.05, 0.1) is 17.8 Å². The molecule has 0 bridgehead atoms. The van der Waals surface area contributed by atoms with Crippen molar-refractivity contribution < 1.29 is 4.79 Å². The molecule has 30 heavy (non-hydrogen) atoms. The molecule has 2 aromatic heterocycles. The van der Waals surface area contributed by atoms with Crippen molar-refractivity contribution in [3.63, 3.8) is 0 Å². The summed E-state index contributed by atoms with van der Waals surface area (Å²) in [5.74, 6) is 0.822. The number of aromatic nitrogens is 3. The van der Waals surface area contributed by atoms with Gasteiger partial charge in [-0.15, -0.1) is 0 Å². The summed E-state index contributed by atoms with van der Waals surface area (Å²) in [5, 5.41) is 12.5. The number of nitrogens with zero attached hydrogens (tertiary/aromatic N) is 3. The van der Waals surface area contributed by atoms with Crippen LogP contribution in [0.25, 0.3) is 0 Å². The molecule has 3 heterocycles. The minimum Gasteiger partial charge on any atom is -0.384 e. The van der Waals surface area contributed by atoms with Gasteiger partial charge < -0.3 is 21.3 Å². The normalized spacial score (nSPS) is 13.8. The number of carbonyl (C=O) groups excluding carboxylic acids is 1. The maximum Gasteiger partial charge on any atom is 0.259 e. The second-order valence-corrected chi connectivity index (χ2v) is 7.83. The van der Waals surface area contributed by atoms with E-state index in [-0.39, 0.29) is 11.3 Å². The molecular weight excluding hydrogens is 378 g/mol. The molecule has 1 aromatic carbocycles. The van der Waals surface area contributed by atoms with Crippen molar-refractivity contribution in [3.05, 3.63) is 65.6 Å². The fourth-order valence-electron chi connectivity index (χ4n) is 3.49. The van der Waals surface area contributed by atoms with Crippen molar-refractivity contribution in [1.82, 2.24) is 15.0 Å². The number of rotatable bonds is 6. The van der Waals surface area contributed by atoms with Crippen molar-refractivity contribution in [2.45, 2.75) is 25.8 Å². The number of anilines is 4. The largest absolute Gasteiger partial charge is 0.384 e. The van der Waals surface area contributed by atoms with E-state index in [0.717, 1.165) is 23.6 Å². The lowest BCUT2D eigenvalue weighted by Crippen LogP contribution is -2.18. The number of benzene rings is 1. The predicted molar refractivity (Wildman–Crippen MR) is 119 cm³/mol. The van der Waals surface area contributed by atoms with E-state index in [1.165, 1.54) is 5.56 Å². The Morgan fingerprint density at radius 2 is 2.03 bits per heavy atom.